The lowest BCUT2D eigenvalue weighted by Gasteiger charge is -2.10. The third-order valence-corrected chi connectivity index (χ3v) is 3.52. The summed E-state index contributed by atoms with van der Waals surface area (Å²) in [6.07, 6.45) is 1.01. The molecule has 1 N–H and O–H groups in total. The molecule has 1 amide bonds. The normalized spacial score (nSPS) is 12.2. The van der Waals surface area contributed by atoms with Crippen LogP contribution in [0, 0.1) is 13.8 Å². The highest BCUT2D eigenvalue weighted by molar-refractivity contribution is 9.09. The molecule has 1 unspecified atom stereocenters. The zero-order valence-corrected chi connectivity index (χ0v) is 11.6. The molecule has 0 bridgehead atoms. The van der Waals surface area contributed by atoms with Crippen molar-refractivity contribution < 1.29 is 4.79 Å². The molecule has 2 nitrogen and oxygen atoms in total. The number of rotatable bonds is 4. The van der Waals surface area contributed by atoms with Crippen LogP contribution >= 0.6 is 15.9 Å². The summed E-state index contributed by atoms with van der Waals surface area (Å²) in [6, 6.07) is 5.88. The van der Waals surface area contributed by atoms with E-state index in [9.17, 15) is 4.79 Å². The van der Waals surface area contributed by atoms with Gasteiger partial charge in [0.15, 0.2) is 0 Å². The molecular formula is C13H18BrNO. The maximum absolute atomic E-state index is 11.9. The monoisotopic (exact) mass is 283 g/mol. The number of carbonyl (C=O) groups is 1. The van der Waals surface area contributed by atoms with Crippen LogP contribution in [0.4, 0.5) is 0 Å². The number of aryl methyl sites for hydroxylation is 2. The van der Waals surface area contributed by atoms with Gasteiger partial charge in [-0.2, -0.15) is 0 Å². The summed E-state index contributed by atoms with van der Waals surface area (Å²) >= 11 is 3.49. The molecule has 1 rings (SSSR count). The van der Waals surface area contributed by atoms with E-state index in [0.29, 0.717) is 11.4 Å². The van der Waals surface area contributed by atoms with Crippen LogP contribution in [0.2, 0.25) is 0 Å². The molecule has 88 valence electrons. The quantitative estimate of drug-likeness (QED) is 0.845. The summed E-state index contributed by atoms with van der Waals surface area (Å²) < 4.78 is 0. The first kappa shape index (κ1) is 13.2. The van der Waals surface area contributed by atoms with Gasteiger partial charge in [0.1, 0.15) is 0 Å². The lowest BCUT2D eigenvalue weighted by molar-refractivity contribution is 0.0953. The van der Waals surface area contributed by atoms with Crippen molar-refractivity contribution in [1.82, 2.24) is 5.32 Å². The second kappa shape index (κ2) is 6.04. The fourth-order valence-corrected chi connectivity index (χ4v) is 1.67. The van der Waals surface area contributed by atoms with Crippen LogP contribution in [-0.4, -0.2) is 17.3 Å². The van der Waals surface area contributed by atoms with E-state index in [2.05, 4.69) is 28.2 Å². The molecule has 0 spiro atoms. The fraction of sp³-hybridized carbons (Fsp3) is 0.462. The first-order valence-corrected chi connectivity index (χ1v) is 6.45. The maximum atomic E-state index is 11.9. The van der Waals surface area contributed by atoms with Gasteiger partial charge in [-0.1, -0.05) is 40.5 Å². The number of benzene rings is 1. The van der Waals surface area contributed by atoms with E-state index >= 15 is 0 Å². The zero-order valence-electron chi connectivity index (χ0n) is 10.0. The third-order valence-electron chi connectivity index (χ3n) is 2.55. The zero-order chi connectivity index (χ0) is 12.1. The van der Waals surface area contributed by atoms with Gasteiger partial charge in [-0.15, -0.1) is 0 Å². The molecular weight excluding hydrogens is 266 g/mol. The molecule has 0 radical (unpaired) electrons. The van der Waals surface area contributed by atoms with Gasteiger partial charge < -0.3 is 5.32 Å². The molecule has 0 saturated heterocycles. The van der Waals surface area contributed by atoms with Gasteiger partial charge in [0.2, 0.25) is 0 Å². The van der Waals surface area contributed by atoms with E-state index in [4.69, 9.17) is 0 Å². The maximum Gasteiger partial charge on any atom is 0.251 e. The Kier molecular flexibility index (Phi) is 5.00. The largest absolute Gasteiger partial charge is 0.351 e. The van der Waals surface area contributed by atoms with E-state index in [1.54, 1.807) is 0 Å². The topological polar surface area (TPSA) is 29.1 Å². The Morgan fingerprint density at radius 2 is 2.12 bits per heavy atom. The molecule has 0 heterocycles. The van der Waals surface area contributed by atoms with Crippen LogP contribution in [-0.2, 0) is 0 Å². The minimum atomic E-state index is 0.00963. The van der Waals surface area contributed by atoms with E-state index in [0.717, 1.165) is 17.5 Å². The van der Waals surface area contributed by atoms with Crippen molar-refractivity contribution in [3.05, 3.63) is 34.9 Å². The Bertz CT molecular complexity index is 376. The van der Waals surface area contributed by atoms with Gasteiger partial charge in [-0.25, -0.2) is 0 Å². The molecule has 0 aromatic heterocycles. The molecule has 1 atom stereocenters. The number of hydrogen-bond donors (Lipinski definition) is 1. The molecule has 3 heteroatoms. The van der Waals surface area contributed by atoms with Crippen LogP contribution in [0.3, 0.4) is 0 Å². The van der Waals surface area contributed by atoms with Crippen molar-refractivity contribution in [1.29, 1.82) is 0 Å². The van der Waals surface area contributed by atoms with E-state index in [-0.39, 0.29) is 5.91 Å². The van der Waals surface area contributed by atoms with Crippen molar-refractivity contribution in [3.63, 3.8) is 0 Å². The standard InChI is InChI=1S/C13H18BrNO/c1-4-11(14)8-15-13(16)12-6-5-9(2)7-10(12)3/h5-7,11H,4,8H2,1-3H3,(H,15,16). The fourth-order valence-electron chi connectivity index (χ4n) is 1.51. The Morgan fingerprint density at radius 1 is 1.44 bits per heavy atom. The summed E-state index contributed by atoms with van der Waals surface area (Å²) in [4.78, 5) is 12.2. The molecule has 16 heavy (non-hydrogen) atoms. The van der Waals surface area contributed by atoms with Crippen LogP contribution in [0.15, 0.2) is 18.2 Å². The predicted octanol–water partition coefficient (Wildman–Crippen LogP) is 3.21. The Morgan fingerprint density at radius 3 is 2.69 bits per heavy atom. The Labute approximate surface area is 106 Å². The predicted molar refractivity (Wildman–Crippen MR) is 71.3 cm³/mol. The van der Waals surface area contributed by atoms with Crippen molar-refractivity contribution in [2.45, 2.75) is 32.0 Å². The lowest BCUT2D eigenvalue weighted by Crippen LogP contribution is -2.29. The number of halogens is 1. The molecule has 1 aromatic rings. The highest BCUT2D eigenvalue weighted by Crippen LogP contribution is 2.10. The van der Waals surface area contributed by atoms with Crippen molar-refractivity contribution in [3.8, 4) is 0 Å². The average Bonchev–Trinajstić information content (AvgIpc) is 2.25. The number of amides is 1. The summed E-state index contributed by atoms with van der Waals surface area (Å²) in [5.41, 5.74) is 2.97. The molecule has 1 aromatic carbocycles. The minimum absolute atomic E-state index is 0.00963. The summed E-state index contributed by atoms with van der Waals surface area (Å²) in [6.45, 7) is 6.75. The molecule has 0 aliphatic rings. The van der Waals surface area contributed by atoms with Gasteiger partial charge in [-0.3, -0.25) is 4.79 Å². The Balaban J connectivity index is 2.66. The summed E-state index contributed by atoms with van der Waals surface area (Å²) in [5.74, 6) is 0.00963. The number of nitrogens with one attached hydrogen (secondary N) is 1. The van der Waals surface area contributed by atoms with Gasteiger partial charge in [0, 0.05) is 16.9 Å². The first-order valence-electron chi connectivity index (χ1n) is 5.54. The number of hydrogen-bond acceptors (Lipinski definition) is 1. The lowest BCUT2D eigenvalue weighted by atomic mass is 10.1. The number of carbonyl (C=O) groups excluding carboxylic acids is 1. The van der Waals surface area contributed by atoms with Crippen molar-refractivity contribution in [2.75, 3.05) is 6.54 Å². The number of alkyl halides is 1. The van der Waals surface area contributed by atoms with Gasteiger partial charge in [-0.05, 0) is 31.9 Å². The molecule has 0 aliphatic heterocycles. The average molecular weight is 284 g/mol. The van der Waals surface area contributed by atoms with Crippen LogP contribution in [0.25, 0.3) is 0 Å². The minimum Gasteiger partial charge on any atom is -0.351 e. The van der Waals surface area contributed by atoms with E-state index < -0.39 is 0 Å². The van der Waals surface area contributed by atoms with E-state index in [1.807, 2.05) is 32.0 Å². The highest BCUT2D eigenvalue weighted by atomic mass is 79.9. The molecule has 0 aliphatic carbocycles. The molecule has 0 saturated carbocycles. The van der Waals surface area contributed by atoms with Crippen LogP contribution in [0.5, 0.6) is 0 Å². The van der Waals surface area contributed by atoms with Crippen LogP contribution < -0.4 is 5.32 Å². The van der Waals surface area contributed by atoms with E-state index in [1.165, 1.54) is 5.56 Å². The van der Waals surface area contributed by atoms with Gasteiger partial charge >= 0.3 is 0 Å². The second-order valence-corrected chi connectivity index (χ2v) is 5.33. The second-order valence-electron chi connectivity index (χ2n) is 4.03. The SMILES string of the molecule is CCC(Br)CNC(=O)c1ccc(C)cc1C. The molecule has 0 fully saturated rings. The summed E-state index contributed by atoms with van der Waals surface area (Å²) in [7, 11) is 0. The smallest absolute Gasteiger partial charge is 0.251 e. The summed E-state index contributed by atoms with van der Waals surface area (Å²) in [5, 5.41) is 2.92. The third kappa shape index (κ3) is 3.63. The van der Waals surface area contributed by atoms with Gasteiger partial charge in [0.05, 0.1) is 0 Å². The van der Waals surface area contributed by atoms with Gasteiger partial charge in [0.25, 0.3) is 5.91 Å². The van der Waals surface area contributed by atoms with Crippen LogP contribution in [0.1, 0.15) is 34.8 Å². The van der Waals surface area contributed by atoms with Crippen molar-refractivity contribution >= 4 is 21.8 Å². The highest BCUT2D eigenvalue weighted by Gasteiger charge is 2.09. The Hall–Kier alpha value is -0.830. The van der Waals surface area contributed by atoms with Crippen molar-refractivity contribution in [2.24, 2.45) is 0 Å². The first-order chi connectivity index (χ1) is 7.54.